The SMILES string of the molecule is CCn1c(NN=C(C)c2ccc(N)cc2)nc2ccccc2c1=O. The maximum absolute atomic E-state index is 12.6. The van der Waals surface area contributed by atoms with Gasteiger partial charge in [-0.15, -0.1) is 0 Å². The van der Waals surface area contributed by atoms with E-state index in [0.29, 0.717) is 29.1 Å². The Bertz CT molecular complexity index is 957. The van der Waals surface area contributed by atoms with Crippen LogP contribution in [0.5, 0.6) is 0 Å². The van der Waals surface area contributed by atoms with Crippen LogP contribution >= 0.6 is 0 Å². The van der Waals surface area contributed by atoms with Gasteiger partial charge < -0.3 is 5.73 Å². The first-order chi connectivity index (χ1) is 11.6. The Hall–Kier alpha value is -3.15. The molecule has 0 saturated carbocycles. The first-order valence-electron chi connectivity index (χ1n) is 7.76. The molecule has 0 radical (unpaired) electrons. The highest BCUT2D eigenvalue weighted by Gasteiger charge is 2.09. The fourth-order valence-corrected chi connectivity index (χ4v) is 2.47. The summed E-state index contributed by atoms with van der Waals surface area (Å²) in [7, 11) is 0. The number of anilines is 2. The van der Waals surface area contributed by atoms with Gasteiger partial charge in [0, 0.05) is 12.2 Å². The minimum atomic E-state index is -0.0778. The third kappa shape index (κ3) is 2.99. The largest absolute Gasteiger partial charge is 0.399 e. The Balaban J connectivity index is 1.99. The van der Waals surface area contributed by atoms with E-state index in [0.717, 1.165) is 11.3 Å². The van der Waals surface area contributed by atoms with Crippen molar-refractivity contribution in [2.45, 2.75) is 20.4 Å². The summed E-state index contributed by atoms with van der Waals surface area (Å²) in [6.45, 7) is 4.29. The normalized spacial score (nSPS) is 11.7. The van der Waals surface area contributed by atoms with E-state index in [1.165, 1.54) is 0 Å². The van der Waals surface area contributed by atoms with E-state index < -0.39 is 0 Å². The number of hydrogen-bond acceptors (Lipinski definition) is 5. The van der Waals surface area contributed by atoms with Crippen LogP contribution in [0.2, 0.25) is 0 Å². The lowest BCUT2D eigenvalue weighted by Crippen LogP contribution is -2.23. The highest BCUT2D eigenvalue weighted by molar-refractivity contribution is 5.99. The predicted molar refractivity (Wildman–Crippen MR) is 98.4 cm³/mol. The zero-order valence-electron chi connectivity index (χ0n) is 13.7. The molecule has 0 aliphatic carbocycles. The van der Waals surface area contributed by atoms with Crippen LogP contribution < -0.4 is 16.7 Å². The van der Waals surface area contributed by atoms with Gasteiger partial charge in [0.25, 0.3) is 5.56 Å². The van der Waals surface area contributed by atoms with Gasteiger partial charge in [0.05, 0.1) is 16.6 Å². The summed E-state index contributed by atoms with van der Waals surface area (Å²) in [6.07, 6.45) is 0. The highest BCUT2D eigenvalue weighted by Crippen LogP contribution is 2.12. The first-order valence-corrected chi connectivity index (χ1v) is 7.76. The summed E-state index contributed by atoms with van der Waals surface area (Å²) in [5.41, 5.74) is 11.6. The fraction of sp³-hybridized carbons (Fsp3) is 0.167. The zero-order valence-corrected chi connectivity index (χ0v) is 13.7. The maximum Gasteiger partial charge on any atom is 0.262 e. The summed E-state index contributed by atoms with van der Waals surface area (Å²) in [5.74, 6) is 0.427. The average molecular weight is 321 g/mol. The highest BCUT2D eigenvalue weighted by atomic mass is 16.1. The molecule has 0 bridgehead atoms. The molecule has 6 nitrogen and oxygen atoms in total. The van der Waals surface area contributed by atoms with E-state index in [1.54, 1.807) is 10.6 Å². The van der Waals surface area contributed by atoms with Crippen molar-refractivity contribution in [3.8, 4) is 0 Å². The molecule has 122 valence electrons. The second-order valence-electron chi connectivity index (χ2n) is 5.43. The van der Waals surface area contributed by atoms with E-state index in [-0.39, 0.29) is 5.56 Å². The molecule has 24 heavy (non-hydrogen) atoms. The summed E-state index contributed by atoms with van der Waals surface area (Å²) in [4.78, 5) is 17.1. The van der Waals surface area contributed by atoms with Crippen molar-refractivity contribution in [2.24, 2.45) is 5.10 Å². The lowest BCUT2D eigenvalue weighted by molar-refractivity contribution is 0.724. The molecule has 0 saturated heterocycles. The summed E-state index contributed by atoms with van der Waals surface area (Å²) in [5, 5.41) is 4.96. The van der Waals surface area contributed by atoms with Crippen molar-refractivity contribution >= 4 is 28.3 Å². The molecule has 3 rings (SSSR count). The molecular weight excluding hydrogens is 302 g/mol. The molecular formula is C18H19N5O. The van der Waals surface area contributed by atoms with Crippen LogP contribution in [0.3, 0.4) is 0 Å². The number of rotatable bonds is 4. The lowest BCUT2D eigenvalue weighted by Gasteiger charge is -2.11. The molecule has 2 aromatic carbocycles. The van der Waals surface area contributed by atoms with Crippen LogP contribution in [0.15, 0.2) is 58.4 Å². The Morgan fingerprint density at radius 3 is 2.62 bits per heavy atom. The monoisotopic (exact) mass is 321 g/mol. The number of nitrogens with two attached hydrogens (primary N) is 1. The standard InChI is InChI=1S/C18H19N5O/c1-3-23-17(24)15-6-4-5-7-16(15)20-18(23)22-21-12(2)13-8-10-14(19)11-9-13/h4-11H,3,19H2,1-2H3,(H,20,22). The number of fused-ring (bicyclic) bond motifs is 1. The molecule has 3 aromatic rings. The van der Waals surface area contributed by atoms with Crippen molar-refractivity contribution < 1.29 is 0 Å². The first kappa shape index (κ1) is 15.7. The molecule has 0 atom stereocenters. The maximum atomic E-state index is 12.6. The van der Waals surface area contributed by atoms with Gasteiger partial charge in [-0.2, -0.15) is 5.10 Å². The summed E-state index contributed by atoms with van der Waals surface area (Å²) in [6, 6.07) is 14.7. The van der Waals surface area contributed by atoms with Crippen LogP contribution in [0.1, 0.15) is 19.4 Å². The fourth-order valence-electron chi connectivity index (χ4n) is 2.47. The molecule has 0 unspecified atom stereocenters. The number of nitrogen functional groups attached to an aromatic ring is 1. The van der Waals surface area contributed by atoms with Crippen LogP contribution in [-0.4, -0.2) is 15.3 Å². The Morgan fingerprint density at radius 1 is 1.21 bits per heavy atom. The van der Waals surface area contributed by atoms with E-state index in [4.69, 9.17) is 5.73 Å². The van der Waals surface area contributed by atoms with Crippen LogP contribution in [0.4, 0.5) is 11.6 Å². The van der Waals surface area contributed by atoms with Gasteiger partial charge in [-0.1, -0.05) is 24.3 Å². The molecule has 1 aromatic heterocycles. The van der Waals surface area contributed by atoms with Crippen molar-refractivity contribution in [2.75, 3.05) is 11.2 Å². The second kappa shape index (κ2) is 6.54. The minimum absolute atomic E-state index is 0.0778. The quantitative estimate of drug-likeness (QED) is 0.439. The van der Waals surface area contributed by atoms with Crippen molar-refractivity contribution in [1.82, 2.24) is 9.55 Å². The van der Waals surface area contributed by atoms with Crippen LogP contribution in [0, 0.1) is 0 Å². The Labute approximate surface area is 139 Å². The molecule has 6 heteroatoms. The van der Waals surface area contributed by atoms with Crippen molar-refractivity contribution in [1.29, 1.82) is 0 Å². The predicted octanol–water partition coefficient (Wildman–Crippen LogP) is 2.83. The van der Waals surface area contributed by atoms with Crippen LogP contribution in [-0.2, 0) is 6.54 Å². The number of hydrogen-bond donors (Lipinski definition) is 2. The van der Waals surface area contributed by atoms with Gasteiger partial charge in [0.1, 0.15) is 0 Å². The topological polar surface area (TPSA) is 85.3 Å². The third-order valence-corrected chi connectivity index (χ3v) is 3.83. The number of para-hydroxylation sites is 1. The number of nitrogens with zero attached hydrogens (tertiary/aromatic N) is 3. The van der Waals surface area contributed by atoms with E-state index in [2.05, 4.69) is 15.5 Å². The second-order valence-corrected chi connectivity index (χ2v) is 5.43. The van der Waals surface area contributed by atoms with Crippen LogP contribution in [0.25, 0.3) is 10.9 Å². The van der Waals surface area contributed by atoms with Gasteiger partial charge in [-0.25, -0.2) is 10.4 Å². The molecule has 0 aliphatic heterocycles. The average Bonchev–Trinajstić information content (AvgIpc) is 2.60. The molecule has 0 amide bonds. The lowest BCUT2D eigenvalue weighted by atomic mass is 10.1. The molecule has 0 fully saturated rings. The molecule has 3 N–H and O–H groups in total. The van der Waals surface area contributed by atoms with Gasteiger partial charge in [0.2, 0.25) is 5.95 Å². The zero-order chi connectivity index (χ0) is 17.1. The molecule has 1 heterocycles. The Morgan fingerprint density at radius 2 is 1.92 bits per heavy atom. The number of hydrazone groups is 1. The van der Waals surface area contributed by atoms with E-state index in [9.17, 15) is 4.79 Å². The third-order valence-electron chi connectivity index (χ3n) is 3.83. The van der Waals surface area contributed by atoms with Gasteiger partial charge in [0.15, 0.2) is 0 Å². The smallest absolute Gasteiger partial charge is 0.262 e. The van der Waals surface area contributed by atoms with E-state index >= 15 is 0 Å². The minimum Gasteiger partial charge on any atom is -0.399 e. The van der Waals surface area contributed by atoms with Gasteiger partial charge >= 0.3 is 0 Å². The number of benzene rings is 2. The summed E-state index contributed by atoms with van der Waals surface area (Å²) >= 11 is 0. The van der Waals surface area contributed by atoms with Gasteiger partial charge in [-0.3, -0.25) is 9.36 Å². The van der Waals surface area contributed by atoms with Crippen molar-refractivity contribution in [3.05, 3.63) is 64.4 Å². The Kier molecular flexibility index (Phi) is 4.29. The van der Waals surface area contributed by atoms with Gasteiger partial charge in [-0.05, 0) is 43.7 Å². The summed E-state index contributed by atoms with van der Waals surface area (Å²) < 4.78 is 1.57. The molecule has 0 spiro atoms. The molecule has 0 aliphatic rings. The number of nitrogens with one attached hydrogen (secondary N) is 1. The van der Waals surface area contributed by atoms with E-state index in [1.807, 2.05) is 56.3 Å². The van der Waals surface area contributed by atoms with Crippen molar-refractivity contribution in [3.63, 3.8) is 0 Å². The number of aromatic nitrogens is 2.